The zero-order chi connectivity index (χ0) is 21.7. The molecule has 0 spiro atoms. The minimum Gasteiger partial charge on any atom is -0.494 e. The molecule has 0 atom stereocenters. The predicted octanol–water partition coefficient (Wildman–Crippen LogP) is 1.31. The molecule has 10 nitrogen and oxygen atoms in total. The SMILES string of the molecule is CCOCCn1c(N/N=C\c2ccc(OCC)cc2)nc2c1c(=O)n(C)c(=O)n2C. The van der Waals surface area contributed by atoms with Crippen LogP contribution in [0.2, 0.25) is 0 Å². The maximum absolute atomic E-state index is 12.7. The number of fused-ring (bicyclic) bond motifs is 1. The number of ether oxygens (including phenoxy) is 2. The summed E-state index contributed by atoms with van der Waals surface area (Å²) in [5, 5.41) is 4.24. The lowest BCUT2D eigenvalue weighted by Crippen LogP contribution is -2.37. The fraction of sp³-hybridized carbons (Fsp3) is 0.400. The van der Waals surface area contributed by atoms with Crippen molar-refractivity contribution >= 4 is 23.3 Å². The molecule has 3 rings (SSSR count). The van der Waals surface area contributed by atoms with Crippen LogP contribution >= 0.6 is 0 Å². The number of nitrogens with zero attached hydrogens (tertiary/aromatic N) is 5. The van der Waals surface area contributed by atoms with E-state index >= 15 is 0 Å². The van der Waals surface area contributed by atoms with E-state index in [1.165, 1.54) is 11.6 Å². The smallest absolute Gasteiger partial charge is 0.332 e. The number of nitrogens with one attached hydrogen (secondary N) is 1. The lowest BCUT2D eigenvalue weighted by atomic mass is 10.2. The number of imidazole rings is 1. The van der Waals surface area contributed by atoms with Crippen molar-refractivity contribution in [3.63, 3.8) is 0 Å². The van der Waals surface area contributed by atoms with Gasteiger partial charge in [0, 0.05) is 27.2 Å². The van der Waals surface area contributed by atoms with Gasteiger partial charge in [0.25, 0.3) is 5.56 Å². The van der Waals surface area contributed by atoms with Crippen LogP contribution in [0.5, 0.6) is 5.75 Å². The lowest BCUT2D eigenvalue weighted by Gasteiger charge is -2.09. The van der Waals surface area contributed by atoms with E-state index in [9.17, 15) is 9.59 Å². The Morgan fingerprint density at radius 3 is 2.50 bits per heavy atom. The van der Waals surface area contributed by atoms with Crippen molar-refractivity contribution in [2.75, 3.05) is 25.2 Å². The molecule has 0 radical (unpaired) electrons. The van der Waals surface area contributed by atoms with Crippen molar-refractivity contribution in [3.05, 3.63) is 50.7 Å². The Bertz CT molecular complexity index is 1160. The summed E-state index contributed by atoms with van der Waals surface area (Å²) in [6.45, 7) is 5.77. The topological polar surface area (TPSA) is 105 Å². The molecule has 0 aliphatic rings. The summed E-state index contributed by atoms with van der Waals surface area (Å²) < 4.78 is 15.0. The van der Waals surface area contributed by atoms with E-state index < -0.39 is 11.2 Å². The quantitative estimate of drug-likeness (QED) is 0.322. The van der Waals surface area contributed by atoms with Gasteiger partial charge in [0.05, 0.1) is 19.4 Å². The Morgan fingerprint density at radius 1 is 1.10 bits per heavy atom. The molecular weight excluding hydrogens is 388 g/mol. The molecule has 1 aromatic carbocycles. The zero-order valence-corrected chi connectivity index (χ0v) is 17.6. The van der Waals surface area contributed by atoms with Gasteiger partial charge in [0.1, 0.15) is 5.75 Å². The Morgan fingerprint density at radius 2 is 1.83 bits per heavy atom. The van der Waals surface area contributed by atoms with Crippen LogP contribution in [0.25, 0.3) is 11.2 Å². The lowest BCUT2D eigenvalue weighted by molar-refractivity contribution is 0.140. The first-order valence-electron chi connectivity index (χ1n) is 9.73. The van der Waals surface area contributed by atoms with Gasteiger partial charge in [0.15, 0.2) is 11.2 Å². The number of hydrogen-bond acceptors (Lipinski definition) is 7. The van der Waals surface area contributed by atoms with E-state index in [2.05, 4.69) is 15.5 Å². The van der Waals surface area contributed by atoms with Gasteiger partial charge in [-0.25, -0.2) is 10.2 Å². The molecule has 0 aliphatic carbocycles. The first-order chi connectivity index (χ1) is 14.5. The van der Waals surface area contributed by atoms with Crippen molar-refractivity contribution in [2.24, 2.45) is 19.2 Å². The van der Waals surface area contributed by atoms with Gasteiger partial charge >= 0.3 is 5.69 Å². The van der Waals surface area contributed by atoms with Crippen LogP contribution in [0.4, 0.5) is 5.95 Å². The van der Waals surface area contributed by atoms with Crippen molar-refractivity contribution in [1.29, 1.82) is 0 Å². The highest BCUT2D eigenvalue weighted by Gasteiger charge is 2.18. The fourth-order valence-electron chi connectivity index (χ4n) is 3.03. The van der Waals surface area contributed by atoms with Crippen LogP contribution < -0.4 is 21.4 Å². The average molecular weight is 414 g/mol. The largest absolute Gasteiger partial charge is 0.494 e. The van der Waals surface area contributed by atoms with E-state index in [1.54, 1.807) is 17.8 Å². The van der Waals surface area contributed by atoms with Gasteiger partial charge in [-0.15, -0.1) is 0 Å². The number of benzene rings is 1. The van der Waals surface area contributed by atoms with Crippen LogP contribution in [0, 0.1) is 0 Å². The zero-order valence-electron chi connectivity index (χ0n) is 17.6. The summed E-state index contributed by atoms with van der Waals surface area (Å²) in [6, 6.07) is 7.49. The van der Waals surface area contributed by atoms with Crippen molar-refractivity contribution in [2.45, 2.75) is 20.4 Å². The molecule has 0 unspecified atom stereocenters. The molecule has 0 bridgehead atoms. The Hall–Kier alpha value is -3.40. The molecule has 0 fully saturated rings. The third-order valence-corrected chi connectivity index (χ3v) is 4.58. The van der Waals surface area contributed by atoms with Crippen LogP contribution in [-0.4, -0.2) is 44.7 Å². The number of rotatable bonds is 9. The number of anilines is 1. The number of aromatic nitrogens is 4. The Balaban J connectivity index is 1.94. The number of hydrogen-bond donors (Lipinski definition) is 1. The minimum absolute atomic E-state index is 0.290. The highest BCUT2D eigenvalue weighted by atomic mass is 16.5. The number of aryl methyl sites for hydroxylation is 1. The molecule has 0 aliphatic heterocycles. The van der Waals surface area contributed by atoms with Gasteiger partial charge in [0.2, 0.25) is 5.95 Å². The van der Waals surface area contributed by atoms with Crippen LogP contribution in [-0.2, 0) is 25.4 Å². The molecule has 30 heavy (non-hydrogen) atoms. The molecule has 1 N–H and O–H groups in total. The third kappa shape index (κ3) is 4.28. The summed E-state index contributed by atoms with van der Waals surface area (Å²) in [7, 11) is 3.03. The first-order valence-corrected chi connectivity index (χ1v) is 9.73. The van der Waals surface area contributed by atoms with Gasteiger partial charge in [-0.3, -0.25) is 13.9 Å². The second kappa shape index (κ2) is 9.40. The monoisotopic (exact) mass is 414 g/mol. The van der Waals surface area contributed by atoms with Crippen LogP contribution in [0.1, 0.15) is 19.4 Å². The van der Waals surface area contributed by atoms with Crippen LogP contribution in [0.15, 0.2) is 39.0 Å². The summed E-state index contributed by atoms with van der Waals surface area (Å²) in [5.74, 6) is 1.14. The molecule has 10 heteroatoms. The summed E-state index contributed by atoms with van der Waals surface area (Å²) in [4.78, 5) is 29.4. The third-order valence-electron chi connectivity index (χ3n) is 4.58. The second-order valence-corrected chi connectivity index (χ2v) is 6.53. The van der Waals surface area contributed by atoms with Gasteiger partial charge in [-0.05, 0) is 43.7 Å². The molecule has 0 saturated heterocycles. The first kappa shape index (κ1) is 21.3. The highest BCUT2D eigenvalue weighted by molar-refractivity contribution is 5.80. The van der Waals surface area contributed by atoms with E-state index in [0.717, 1.165) is 15.9 Å². The van der Waals surface area contributed by atoms with E-state index in [1.807, 2.05) is 38.1 Å². The maximum Gasteiger partial charge on any atom is 0.332 e. The molecule has 2 heterocycles. The second-order valence-electron chi connectivity index (χ2n) is 6.53. The molecular formula is C20H26N6O4. The molecule has 3 aromatic rings. The molecule has 2 aromatic heterocycles. The van der Waals surface area contributed by atoms with Crippen molar-refractivity contribution in [1.82, 2.24) is 18.7 Å². The van der Waals surface area contributed by atoms with E-state index in [-0.39, 0.29) is 0 Å². The summed E-state index contributed by atoms with van der Waals surface area (Å²) in [6.07, 6.45) is 1.64. The fourth-order valence-corrected chi connectivity index (χ4v) is 3.03. The highest BCUT2D eigenvalue weighted by Crippen LogP contribution is 2.16. The van der Waals surface area contributed by atoms with Gasteiger partial charge in [-0.1, -0.05) is 0 Å². The average Bonchev–Trinajstić information content (AvgIpc) is 3.11. The number of hydrazone groups is 1. The Labute approximate surface area is 173 Å². The summed E-state index contributed by atoms with van der Waals surface area (Å²) >= 11 is 0. The summed E-state index contributed by atoms with van der Waals surface area (Å²) in [5.41, 5.74) is 3.50. The van der Waals surface area contributed by atoms with Crippen molar-refractivity contribution < 1.29 is 9.47 Å². The van der Waals surface area contributed by atoms with E-state index in [4.69, 9.17) is 9.47 Å². The van der Waals surface area contributed by atoms with Crippen molar-refractivity contribution in [3.8, 4) is 5.75 Å². The minimum atomic E-state index is -0.439. The Kier molecular flexibility index (Phi) is 6.68. The normalized spacial score (nSPS) is 11.5. The molecule has 160 valence electrons. The van der Waals surface area contributed by atoms with Gasteiger partial charge in [-0.2, -0.15) is 10.1 Å². The maximum atomic E-state index is 12.7. The molecule has 0 saturated carbocycles. The van der Waals surface area contributed by atoms with Crippen LogP contribution in [0.3, 0.4) is 0 Å². The predicted molar refractivity (Wildman–Crippen MR) is 116 cm³/mol. The molecule has 0 amide bonds. The standard InChI is InChI=1S/C20H26N6O4/c1-5-29-12-11-26-16-17(24(3)20(28)25(4)18(16)27)22-19(26)23-21-13-14-7-9-15(10-8-14)30-6-2/h7-10,13H,5-6,11-12H2,1-4H3,(H,22,23)/b21-13-. The van der Waals surface area contributed by atoms with Gasteiger partial charge < -0.3 is 14.0 Å². The van der Waals surface area contributed by atoms with E-state index in [0.29, 0.717) is 43.5 Å².